The lowest BCUT2D eigenvalue weighted by molar-refractivity contribution is -0.119. The first-order valence-corrected chi connectivity index (χ1v) is 10.5. The summed E-state index contributed by atoms with van der Waals surface area (Å²) in [5, 5.41) is 6.81. The topological polar surface area (TPSA) is 94.5 Å². The summed E-state index contributed by atoms with van der Waals surface area (Å²) in [6.45, 7) is 3.72. The van der Waals surface area contributed by atoms with Gasteiger partial charge in [0.15, 0.2) is 5.69 Å². The lowest BCUT2D eigenvalue weighted by Gasteiger charge is -2.11. The van der Waals surface area contributed by atoms with Crippen LogP contribution in [0.4, 0.5) is 15.8 Å². The van der Waals surface area contributed by atoms with Gasteiger partial charge in [-0.3, -0.25) is 4.79 Å². The first-order valence-electron chi connectivity index (χ1n) is 10.5. The third-order valence-corrected chi connectivity index (χ3v) is 5.55. The number of aryl methyl sites for hydroxylation is 1. The van der Waals surface area contributed by atoms with Crippen molar-refractivity contribution in [2.24, 2.45) is 5.92 Å². The Bertz CT molecular complexity index is 1140. The van der Waals surface area contributed by atoms with E-state index in [-0.39, 0.29) is 23.3 Å². The molecule has 1 unspecified atom stereocenters. The van der Waals surface area contributed by atoms with Crippen LogP contribution in [0.3, 0.4) is 0 Å². The average Bonchev–Trinajstić information content (AvgIpc) is 3.45. The van der Waals surface area contributed by atoms with E-state index in [1.54, 1.807) is 22.9 Å². The zero-order valence-corrected chi connectivity index (χ0v) is 18.0. The minimum absolute atomic E-state index is 0.201. The van der Waals surface area contributed by atoms with Crippen LogP contribution in [0.2, 0.25) is 0 Å². The van der Waals surface area contributed by atoms with E-state index < -0.39 is 5.97 Å². The van der Waals surface area contributed by atoms with Gasteiger partial charge in [-0.25, -0.2) is 14.2 Å². The van der Waals surface area contributed by atoms with Crippen molar-refractivity contribution in [1.29, 1.82) is 0 Å². The van der Waals surface area contributed by atoms with Crippen molar-refractivity contribution in [1.82, 2.24) is 9.55 Å². The van der Waals surface area contributed by atoms with Gasteiger partial charge in [-0.15, -0.1) is 0 Å². The zero-order chi connectivity index (χ0) is 22.7. The van der Waals surface area contributed by atoms with Crippen LogP contribution in [0, 0.1) is 11.7 Å². The van der Waals surface area contributed by atoms with Crippen LogP contribution in [-0.2, 0) is 27.4 Å². The Morgan fingerprint density at radius 3 is 2.75 bits per heavy atom. The average molecular weight is 440 g/mol. The number of hydrogen-bond donors (Lipinski definition) is 2. The number of methoxy groups -OCH3 is 1. The Morgan fingerprint density at radius 2 is 2.09 bits per heavy atom. The number of carbonyl (C=O) groups excluding carboxylic acids is 2. The Kier molecular flexibility index (Phi) is 6.36. The monoisotopic (exact) mass is 440 g/mol. The summed E-state index contributed by atoms with van der Waals surface area (Å²) in [4.78, 5) is 30.0. The number of anilines is 2. The molecular formula is C23H25FN4O4. The molecule has 1 amide bonds. The number of amides is 1. The number of hydrogen-bond acceptors (Lipinski definition) is 6. The molecule has 32 heavy (non-hydrogen) atoms. The number of esters is 1. The van der Waals surface area contributed by atoms with Gasteiger partial charge in [0.05, 0.1) is 37.2 Å². The van der Waals surface area contributed by atoms with Gasteiger partial charge in [-0.2, -0.15) is 0 Å². The van der Waals surface area contributed by atoms with Gasteiger partial charge < -0.3 is 24.7 Å². The molecule has 1 saturated heterocycles. The van der Waals surface area contributed by atoms with E-state index in [0.29, 0.717) is 55.1 Å². The Balaban J connectivity index is 1.70. The Hall–Kier alpha value is -3.46. The lowest BCUT2D eigenvalue weighted by Crippen LogP contribution is -2.24. The van der Waals surface area contributed by atoms with Crippen LogP contribution in [0.1, 0.15) is 29.4 Å². The first kappa shape index (κ1) is 21.8. The number of fused-ring (bicyclic) bond motifs is 1. The van der Waals surface area contributed by atoms with Crippen molar-refractivity contribution in [3.63, 3.8) is 0 Å². The van der Waals surface area contributed by atoms with Crippen LogP contribution < -0.4 is 10.6 Å². The zero-order valence-electron chi connectivity index (χ0n) is 18.0. The third kappa shape index (κ3) is 4.29. The minimum atomic E-state index is -0.552. The van der Waals surface area contributed by atoms with Crippen LogP contribution >= 0.6 is 0 Å². The second-order valence-electron chi connectivity index (χ2n) is 7.58. The summed E-state index contributed by atoms with van der Waals surface area (Å²) in [7, 11) is 1.31. The van der Waals surface area contributed by atoms with E-state index in [9.17, 15) is 14.0 Å². The van der Waals surface area contributed by atoms with Gasteiger partial charge in [0.25, 0.3) is 0 Å². The Morgan fingerprint density at radius 1 is 1.31 bits per heavy atom. The maximum atomic E-state index is 13.1. The van der Waals surface area contributed by atoms with E-state index in [4.69, 9.17) is 9.47 Å². The molecule has 1 aliphatic heterocycles. The molecule has 0 radical (unpaired) electrons. The fourth-order valence-corrected chi connectivity index (χ4v) is 3.84. The van der Waals surface area contributed by atoms with E-state index in [1.165, 1.54) is 19.2 Å². The smallest absolute Gasteiger partial charge is 0.356 e. The van der Waals surface area contributed by atoms with Crippen molar-refractivity contribution in [2.45, 2.75) is 26.4 Å². The molecule has 9 heteroatoms. The molecule has 1 aliphatic rings. The standard InChI is InChI=1S/C23H25FN4O4/c1-3-28-20(23(30)31-2)19(27-22(29)15-8-9-32-13-15)18-10-17(12-26-21(18)28)25-11-14-4-6-16(24)7-5-14/h4-7,10,12,15,25H,3,8-9,11,13H2,1-2H3,(H,27,29). The first-order chi connectivity index (χ1) is 15.5. The number of pyridine rings is 1. The molecule has 4 rings (SSSR count). The number of nitrogens with zero attached hydrogens (tertiary/aromatic N) is 2. The molecule has 2 N–H and O–H groups in total. The second kappa shape index (κ2) is 9.35. The van der Waals surface area contributed by atoms with Crippen molar-refractivity contribution >= 4 is 34.3 Å². The molecule has 0 spiro atoms. The fourth-order valence-electron chi connectivity index (χ4n) is 3.84. The molecule has 0 bridgehead atoms. The number of carbonyl (C=O) groups is 2. The van der Waals surface area contributed by atoms with Crippen molar-refractivity contribution in [2.75, 3.05) is 31.0 Å². The number of benzene rings is 1. The van der Waals surface area contributed by atoms with Crippen molar-refractivity contribution < 1.29 is 23.5 Å². The van der Waals surface area contributed by atoms with Crippen molar-refractivity contribution in [3.8, 4) is 0 Å². The lowest BCUT2D eigenvalue weighted by atomic mass is 10.1. The third-order valence-electron chi connectivity index (χ3n) is 5.55. The highest BCUT2D eigenvalue weighted by Crippen LogP contribution is 2.33. The Labute approximate surface area is 184 Å². The molecule has 8 nitrogen and oxygen atoms in total. The normalized spacial score (nSPS) is 15.7. The molecule has 1 fully saturated rings. The van der Waals surface area contributed by atoms with Gasteiger partial charge in [-0.1, -0.05) is 12.1 Å². The number of aromatic nitrogens is 2. The van der Waals surface area contributed by atoms with E-state index in [2.05, 4.69) is 15.6 Å². The van der Waals surface area contributed by atoms with Gasteiger partial charge in [-0.05, 0) is 37.1 Å². The quantitative estimate of drug-likeness (QED) is 0.546. The largest absolute Gasteiger partial charge is 0.464 e. The number of rotatable bonds is 7. The maximum Gasteiger partial charge on any atom is 0.356 e. The predicted molar refractivity (Wildman–Crippen MR) is 118 cm³/mol. The molecule has 3 aromatic rings. The molecule has 1 aromatic carbocycles. The minimum Gasteiger partial charge on any atom is -0.464 e. The summed E-state index contributed by atoms with van der Waals surface area (Å²) in [5.41, 5.74) is 2.80. The van der Waals surface area contributed by atoms with Crippen LogP contribution in [0.25, 0.3) is 11.0 Å². The molecule has 1 atom stereocenters. The summed E-state index contributed by atoms with van der Waals surface area (Å²) >= 11 is 0. The van der Waals surface area contributed by atoms with Crippen molar-refractivity contribution in [3.05, 3.63) is 53.6 Å². The van der Waals surface area contributed by atoms with E-state index in [1.807, 2.05) is 13.0 Å². The number of nitrogens with one attached hydrogen (secondary N) is 2. The molecule has 0 saturated carbocycles. The maximum absolute atomic E-state index is 13.1. The SMILES string of the molecule is CCn1c(C(=O)OC)c(NC(=O)C2CCOC2)c2cc(NCc3ccc(F)cc3)cnc21. The summed E-state index contributed by atoms with van der Waals surface area (Å²) in [6.07, 6.45) is 2.30. The molecule has 3 heterocycles. The van der Waals surface area contributed by atoms with Gasteiger partial charge in [0.1, 0.15) is 11.5 Å². The summed E-state index contributed by atoms with van der Waals surface area (Å²) in [5.74, 6) is -1.31. The van der Waals surface area contributed by atoms with E-state index >= 15 is 0 Å². The highest BCUT2D eigenvalue weighted by molar-refractivity contribution is 6.11. The van der Waals surface area contributed by atoms with Gasteiger partial charge in [0.2, 0.25) is 5.91 Å². The molecular weight excluding hydrogens is 415 g/mol. The fraction of sp³-hybridized carbons (Fsp3) is 0.348. The summed E-state index contributed by atoms with van der Waals surface area (Å²) in [6, 6.07) is 8.05. The molecule has 168 valence electrons. The van der Waals surface area contributed by atoms with Gasteiger partial charge >= 0.3 is 5.97 Å². The highest BCUT2D eigenvalue weighted by atomic mass is 19.1. The molecule has 0 aliphatic carbocycles. The summed E-state index contributed by atoms with van der Waals surface area (Å²) < 4.78 is 25.2. The van der Waals surface area contributed by atoms with Crippen LogP contribution in [0.5, 0.6) is 0 Å². The number of ether oxygens (including phenoxy) is 2. The van der Waals surface area contributed by atoms with Gasteiger partial charge in [0, 0.05) is 25.1 Å². The molecule has 2 aromatic heterocycles. The van der Waals surface area contributed by atoms with Crippen LogP contribution in [-0.4, -0.2) is 41.8 Å². The van der Waals surface area contributed by atoms with E-state index in [0.717, 1.165) is 5.56 Å². The predicted octanol–water partition coefficient (Wildman–Crippen LogP) is 3.57. The number of halogens is 1. The van der Waals surface area contributed by atoms with Crippen LogP contribution in [0.15, 0.2) is 36.5 Å². The second-order valence-corrected chi connectivity index (χ2v) is 7.58. The highest BCUT2D eigenvalue weighted by Gasteiger charge is 2.29.